The number of hydrogen-bond acceptors (Lipinski definition) is 3. The molecule has 3 aliphatic rings. The number of rotatable bonds is 3. The number of likely N-dealkylation sites (tertiary alicyclic amines) is 1. The summed E-state index contributed by atoms with van der Waals surface area (Å²) in [5, 5.41) is 0. The molecule has 2 N–H and O–H groups in total. The highest BCUT2D eigenvalue weighted by atomic mass is 16.2. The van der Waals surface area contributed by atoms with Crippen molar-refractivity contribution in [1.82, 2.24) is 14.7 Å². The zero-order valence-corrected chi connectivity index (χ0v) is 17.3. The molecule has 1 atom stereocenters. The van der Waals surface area contributed by atoms with Crippen LogP contribution in [0, 0.1) is 17.8 Å². The van der Waals surface area contributed by atoms with Gasteiger partial charge >= 0.3 is 6.03 Å². The summed E-state index contributed by atoms with van der Waals surface area (Å²) in [6, 6.07) is -0.442. The highest BCUT2D eigenvalue weighted by Crippen LogP contribution is 2.32. The smallest absolute Gasteiger partial charge is 0.314 e. The van der Waals surface area contributed by atoms with Crippen LogP contribution in [0.4, 0.5) is 4.79 Å². The summed E-state index contributed by atoms with van der Waals surface area (Å²) in [6.07, 6.45) is 8.04. The number of amides is 4. The monoisotopic (exact) mass is 392 g/mol. The van der Waals surface area contributed by atoms with Gasteiger partial charge in [0.25, 0.3) is 0 Å². The minimum Gasteiger partial charge on any atom is -0.351 e. The molecule has 0 aromatic rings. The second-order valence-corrected chi connectivity index (χ2v) is 8.75. The summed E-state index contributed by atoms with van der Waals surface area (Å²) < 4.78 is 0. The van der Waals surface area contributed by atoms with Crippen molar-refractivity contribution in [2.45, 2.75) is 58.3 Å². The maximum Gasteiger partial charge on any atom is 0.314 e. The number of hydrogen-bond donors (Lipinski definition) is 1. The molecular formula is C21H36N4O3. The number of nitrogens with two attached hydrogens (primary N) is 1. The Balaban J connectivity index is 1.51. The molecule has 0 aromatic carbocycles. The van der Waals surface area contributed by atoms with Gasteiger partial charge in [-0.3, -0.25) is 9.59 Å². The summed E-state index contributed by atoms with van der Waals surface area (Å²) in [5.74, 6) is 1.21. The third kappa shape index (κ3) is 4.97. The number of primary amides is 1. The maximum atomic E-state index is 13.0. The molecule has 4 amide bonds. The normalized spacial score (nSPS) is 29.3. The van der Waals surface area contributed by atoms with Crippen LogP contribution in [0.2, 0.25) is 0 Å². The van der Waals surface area contributed by atoms with Crippen LogP contribution in [0.15, 0.2) is 0 Å². The molecule has 28 heavy (non-hydrogen) atoms. The Hall–Kier alpha value is -1.79. The fraction of sp³-hybridized carbons (Fsp3) is 0.857. The Labute approximate surface area is 168 Å². The highest BCUT2D eigenvalue weighted by Gasteiger charge is 2.33. The molecule has 0 aromatic heterocycles. The fourth-order valence-corrected chi connectivity index (χ4v) is 5.07. The van der Waals surface area contributed by atoms with E-state index in [1.54, 1.807) is 4.90 Å². The van der Waals surface area contributed by atoms with E-state index in [9.17, 15) is 14.4 Å². The number of nitrogens with zero attached hydrogens (tertiary/aromatic N) is 3. The van der Waals surface area contributed by atoms with Gasteiger partial charge in [0.05, 0.1) is 5.92 Å². The van der Waals surface area contributed by atoms with E-state index < -0.39 is 6.03 Å². The van der Waals surface area contributed by atoms with E-state index in [-0.39, 0.29) is 17.7 Å². The highest BCUT2D eigenvalue weighted by molar-refractivity contribution is 5.81. The lowest BCUT2D eigenvalue weighted by molar-refractivity contribution is -0.139. The van der Waals surface area contributed by atoms with Crippen molar-refractivity contribution in [3.05, 3.63) is 0 Å². The Morgan fingerprint density at radius 1 is 0.750 bits per heavy atom. The van der Waals surface area contributed by atoms with Crippen LogP contribution < -0.4 is 5.73 Å². The predicted octanol–water partition coefficient (Wildman–Crippen LogP) is 2.05. The number of piperidine rings is 1. The van der Waals surface area contributed by atoms with Gasteiger partial charge in [0.1, 0.15) is 0 Å². The van der Waals surface area contributed by atoms with Gasteiger partial charge in [-0.15, -0.1) is 0 Å². The van der Waals surface area contributed by atoms with E-state index in [0.29, 0.717) is 38.6 Å². The second-order valence-electron chi connectivity index (χ2n) is 8.75. The molecule has 1 unspecified atom stereocenters. The third-order valence-electron chi connectivity index (χ3n) is 6.97. The van der Waals surface area contributed by atoms with Gasteiger partial charge in [-0.1, -0.05) is 13.3 Å². The number of carbonyl (C=O) groups excluding carboxylic acids is 3. The summed E-state index contributed by atoms with van der Waals surface area (Å²) >= 11 is 0. The van der Waals surface area contributed by atoms with Gasteiger partial charge in [-0.25, -0.2) is 4.79 Å². The van der Waals surface area contributed by atoms with Crippen molar-refractivity contribution >= 4 is 17.8 Å². The first-order valence-corrected chi connectivity index (χ1v) is 11.1. The van der Waals surface area contributed by atoms with Gasteiger partial charge in [0.15, 0.2) is 0 Å². The molecule has 3 rings (SSSR count). The standard InChI is InChI=1S/C21H36N4O3/c1-2-16-6-8-17(9-7-16)19(26)23-11-4-12-24(14-13-23)20(27)18-5-3-10-25(15-18)21(22)28/h16-18H,2-15H2,1H3,(H2,22,28). The minimum atomic E-state index is -0.442. The molecular weight excluding hydrogens is 356 g/mol. The molecule has 158 valence electrons. The minimum absolute atomic E-state index is 0.115. The lowest BCUT2D eigenvalue weighted by atomic mass is 9.80. The summed E-state index contributed by atoms with van der Waals surface area (Å²) in [7, 11) is 0. The van der Waals surface area contributed by atoms with Crippen LogP contribution in [0.25, 0.3) is 0 Å². The molecule has 2 heterocycles. The Morgan fingerprint density at radius 3 is 1.89 bits per heavy atom. The first-order chi connectivity index (χ1) is 13.5. The van der Waals surface area contributed by atoms with Crippen molar-refractivity contribution in [3.8, 4) is 0 Å². The Morgan fingerprint density at radius 2 is 1.32 bits per heavy atom. The molecule has 0 radical (unpaired) electrons. The maximum absolute atomic E-state index is 13.0. The van der Waals surface area contributed by atoms with E-state index in [0.717, 1.165) is 44.6 Å². The zero-order chi connectivity index (χ0) is 20.1. The van der Waals surface area contributed by atoms with E-state index in [4.69, 9.17) is 5.73 Å². The predicted molar refractivity (Wildman–Crippen MR) is 107 cm³/mol. The van der Waals surface area contributed by atoms with Gasteiger partial charge in [-0.05, 0) is 50.9 Å². The van der Waals surface area contributed by atoms with Gasteiger partial charge in [0, 0.05) is 45.2 Å². The molecule has 7 nitrogen and oxygen atoms in total. The van der Waals surface area contributed by atoms with E-state index >= 15 is 0 Å². The van der Waals surface area contributed by atoms with E-state index in [1.165, 1.54) is 19.3 Å². The average Bonchev–Trinajstić information content (AvgIpc) is 2.99. The number of carbonyl (C=O) groups is 3. The van der Waals surface area contributed by atoms with Crippen molar-refractivity contribution < 1.29 is 14.4 Å². The SMILES string of the molecule is CCC1CCC(C(=O)N2CCCN(C(=O)C3CCCN(C(N)=O)C3)CC2)CC1. The molecule has 2 saturated heterocycles. The fourth-order valence-electron chi connectivity index (χ4n) is 5.07. The zero-order valence-electron chi connectivity index (χ0n) is 17.3. The first kappa shape index (κ1) is 20.9. The first-order valence-electron chi connectivity index (χ1n) is 11.1. The molecule has 0 bridgehead atoms. The van der Waals surface area contributed by atoms with Crippen LogP contribution in [0.3, 0.4) is 0 Å². The van der Waals surface area contributed by atoms with E-state index in [2.05, 4.69) is 6.92 Å². The average molecular weight is 393 g/mol. The van der Waals surface area contributed by atoms with Gasteiger partial charge < -0.3 is 20.4 Å². The van der Waals surface area contributed by atoms with Crippen molar-refractivity contribution in [2.24, 2.45) is 23.5 Å². The third-order valence-corrected chi connectivity index (χ3v) is 6.97. The second kappa shape index (κ2) is 9.61. The quantitative estimate of drug-likeness (QED) is 0.797. The van der Waals surface area contributed by atoms with E-state index in [1.807, 2.05) is 9.80 Å². The molecule has 0 spiro atoms. The number of urea groups is 1. The lowest BCUT2D eigenvalue weighted by Crippen LogP contribution is -2.49. The molecule has 1 saturated carbocycles. The van der Waals surface area contributed by atoms with Crippen molar-refractivity contribution in [2.75, 3.05) is 39.3 Å². The molecule has 3 fully saturated rings. The molecule has 1 aliphatic carbocycles. The van der Waals surface area contributed by atoms with Crippen molar-refractivity contribution in [3.63, 3.8) is 0 Å². The van der Waals surface area contributed by atoms with Crippen LogP contribution in [0.5, 0.6) is 0 Å². The van der Waals surface area contributed by atoms with Gasteiger partial charge in [-0.2, -0.15) is 0 Å². The van der Waals surface area contributed by atoms with Crippen LogP contribution in [-0.2, 0) is 9.59 Å². The van der Waals surface area contributed by atoms with Gasteiger partial charge in [0.2, 0.25) is 11.8 Å². The lowest BCUT2D eigenvalue weighted by Gasteiger charge is -2.34. The van der Waals surface area contributed by atoms with Crippen LogP contribution >= 0.6 is 0 Å². The Bertz CT molecular complexity index is 574. The van der Waals surface area contributed by atoms with Crippen molar-refractivity contribution in [1.29, 1.82) is 0 Å². The summed E-state index contributed by atoms with van der Waals surface area (Å²) in [4.78, 5) is 42.8. The molecule has 2 aliphatic heterocycles. The topological polar surface area (TPSA) is 87.0 Å². The molecule has 7 heteroatoms. The summed E-state index contributed by atoms with van der Waals surface area (Å²) in [6.45, 7) is 5.97. The van der Waals surface area contributed by atoms with Crippen LogP contribution in [-0.4, -0.2) is 71.8 Å². The Kier molecular flexibility index (Phi) is 7.18. The summed E-state index contributed by atoms with van der Waals surface area (Å²) in [5.41, 5.74) is 5.39. The van der Waals surface area contributed by atoms with Crippen LogP contribution in [0.1, 0.15) is 58.3 Å². The largest absolute Gasteiger partial charge is 0.351 e.